The maximum Gasteiger partial charge on any atom is 0.325 e. The maximum atomic E-state index is 11.7. The molecule has 0 spiro atoms. The normalized spacial score (nSPS) is 27.1. The molecule has 1 aliphatic rings. The zero-order valence-electron chi connectivity index (χ0n) is 9.61. The predicted octanol–water partition coefficient (Wildman–Crippen LogP) is 0.341. The van der Waals surface area contributed by atoms with Crippen LogP contribution in [0, 0.1) is 11.8 Å². The van der Waals surface area contributed by atoms with Crippen LogP contribution in [-0.2, 0) is 9.59 Å². The van der Waals surface area contributed by atoms with Crippen molar-refractivity contribution in [3.63, 3.8) is 0 Å². The molecule has 4 N–H and O–H groups in total. The Labute approximate surface area is 95.4 Å². The van der Waals surface area contributed by atoms with Crippen molar-refractivity contribution < 1.29 is 14.7 Å². The number of rotatable bonds is 4. The Bertz CT molecular complexity index is 260. The predicted molar refractivity (Wildman–Crippen MR) is 59.7 cm³/mol. The van der Waals surface area contributed by atoms with Crippen LogP contribution >= 0.6 is 0 Å². The van der Waals surface area contributed by atoms with E-state index in [0.29, 0.717) is 12.5 Å². The molecule has 1 fully saturated rings. The largest absolute Gasteiger partial charge is 0.480 e. The van der Waals surface area contributed by atoms with E-state index in [0.717, 1.165) is 25.7 Å². The number of hydrogen-bond donors (Lipinski definition) is 3. The molecule has 0 bridgehead atoms. The average Bonchev–Trinajstić information content (AvgIpc) is 2.28. The number of carboxylic acids is 1. The molecule has 5 nitrogen and oxygen atoms in total. The van der Waals surface area contributed by atoms with E-state index in [2.05, 4.69) is 5.32 Å². The quantitative estimate of drug-likeness (QED) is 0.647. The van der Waals surface area contributed by atoms with Gasteiger partial charge in [-0.15, -0.1) is 0 Å². The third-order valence-corrected chi connectivity index (χ3v) is 3.28. The lowest BCUT2D eigenvalue weighted by Crippen LogP contribution is -2.42. The molecule has 0 aromatic heterocycles. The lowest BCUT2D eigenvalue weighted by molar-refractivity contribution is -0.142. The molecule has 92 valence electrons. The van der Waals surface area contributed by atoms with Gasteiger partial charge < -0.3 is 16.2 Å². The summed E-state index contributed by atoms with van der Waals surface area (Å²) in [6, 6.07) is -0.806. The SMILES string of the molecule is CC(NC(=O)C1CCC(CN)CC1)C(=O)O. The molecule has 0 radical (unpaired) electrons. The number of hydrogen-bond acceptors (Lipinski definition) is 3. The summed E-state index contributed by atoms with van der Waals surface area (Å²) in [7, 11) is 0. The van der Waals surface area contributed by atoms with Gasteiger partial charge in [0.25, 0.3) is 0 Å². The van der Waals surface area contributed by atoms with Gasteiger partial charge in [0.1, 0.15) is 6.04 Å². The number of aliphatic carboxylic acids is 1. The fourth-order valence-electron chi connectivity index (χ4n) is 2.05. The zero-order chi connectivity index (χ0) is 12.1. The Hall–Kier alpha value is -1.10. The van der Waals surface area contributed by atoms with Crippen LogP contribution in [0.4, 0.5) is 0 Å². The molecule has 1 rings (SSSR count). The summed E-state index contributed by atoms with van der Waals surface area (Å²) in [5.74, 6) is -0.639. The van der Waals surface area contributed by atoms with Crippen molar-refractivity contribution in [3.8, 4) is 0 Å². The minimum absolute atomic E-state index is 0.0374. The standard InChI is InChI=1S/C11H20N2O3/c1-7(11(15)16)13-10(14)9-4-2-8(6-12)3-5-9/h7-9H,2-6,12H2,1H3,(H,13,14)(H,15,16). The van der Waals surface area contributed by atoms with Crippen molar-refractivity contribution in [2.75, 3.05) is 6.54 Å². The first-order chi connectivity index (χ1) is 7.54. The van der Waals surface area contributed by atoms with Gasteiger partial charge in [-0.2, -0.15) is 0 Å². The van der Waals surface area contributed by atoms with Crippen molar-refractivity contribution in [3.05, 3.63) is 0 Å². The Morgan fingerprint density at radius 1 is 1.38 bits per heavy atom. The molecule has 0 aliphatic heterocycles. The van der Waals surface area contributed by atoms with E-state index in [9.17, 15) is 9.59 Å². The van der Waals surface area contributed by atoms with Crippen molar-refractivity contribution in [1.82, 2.24) is 5.32 Å². The molecule has 0 heterocycles. The van der Waals surface area contributed by atoms with E-state index in [4.69, 9.17) is 10.8 Å². The third kappa shape index (κ3) is 3.48. The Balaban J connectivity index is 2.36. The minimum Gasteiger partial charge on any atom is -0.480 e. The number of nitrogens with two attached hydrogens (primary N) is 1. The van der Waals surface area contributed by atoms with Gasteiger partial charge in [-0.1, -0.05) is 0 Å². The first kappa shape index (κ1) is 13.0. The average molecular weight is 228 g/mol. The third-order valence-electron chi connectivity index (χ3n) is 3.28. The lowest BCUT2D eigenvalue weighted by atomic mass is 9.81. The molecule has 0 saturated heterocycles. The maximum absolute atomic E-state index is 11.7. The van der Waals surface area contributed by atoms with Crippen molar-refractivity contribution in [2.45, 2.75) is 38.6 Å². The fourth-order valence-corrected chi connectivity index (χ4v) is 2.05. The number of amides is 1. The van der Waals surface area contributed by atoms with Crippen LogP contribution in [0.1, 0.15) is 32.6 Å². The van der Waals surface area contributed by atoms with Crippen molar-refractivity contribution in [1.29, 1.82) is 0 Å². The molecule has 1 aliphatic carbocycles. The second-order valence-electron chi connectivity index (χ2n) is 4.52. The van der Waals surface area contributed by atoms with Crippen LogP contribution < -0.4 is 11.1 Å². The number of carbonyl (C=O) groups is 2. The number of carbonyl (C=O) groups excluding carboxylic acids is 1. The minimum atomic E-state index is -0.996. The van der Waals surface area contributed by atoms with Crippen LogP contribution in [0.15, 0.2) is 0 Å². The van der Waals surface area contributed by atoms with E-state index >= 15 is 0 Å². The summed E-state index contributed by atoms with van der Waals surface area (Å²) in [6.07, 6.45) is 3.58. The van der Waals surface area contributed by atoms with Crippen LogP contribution in [0.25, 0.3) is 0 Å². The highest BCUT2D eigenvalue weighted by molar-refractivity contribution is 5.84. The molecule has 1 unspecified atom stereocenters. The van der Waals surface area contributed by atoms with Gasteiger partial charge in [0.15, 0.2) is 0 Å². The first-order valence-corrected chi connectivity index (χ1v) is 5.77. The van der Waals surface area contributed by atoms with Gasteiger partial charge in [-0.05, 0) is 45.1 Å². The molecule has 16 heavy (non-hydrogen) atoms. The van der Waals surface area contributed by atoms with Crippen LogP contribution in [-0.4, -0.2) is 29.6 Å². The zero-order valence-corrected chi connectivity index (χ0v) is 9.61. The van der Waals surface area contributed by atoms with Gasteiger partial charge in [-0.25, -0.2) is 0 Å². The molecular weight excluding hydrogens is 208 g/mol. The highest BCUT2D eigenvalue weighted by atomic mass is 16.4. The van der Waals surface area contributed by atoms with E-state index in [-0.39, 0.29) is 11.8 Å². The fraction of sp³-hybridized carbons (Fsp3) is 0.818. The van der Waals surface area contributed by atoms with Gasteiger partial charge in [0, 0.05) is 5.92 Å². The van der Waals surface area contributed by atoms with Gasteiger partial charge in [-0.3, -0.25) is 9.59 Å². The molecule has 1 saturated carbocycles. The van der Waals surface area contributed by atoms with E-state index in [1.165, 1.54) is 6.92 Å². The summed E-state index contributed by atoms with van der Waals surface area (Å²) in [6.45, 7) is 2.16. The van der Waals surface area contributed by atoms with Crippen LogP contribution in [0.3, 0.4) is 0 Å². The second kappa shape index (κ2) is 5.84. The summed E-state index contributed by atoms with van der Waals surface area (Å²) < 4.78 is 0. The van der Waals surface area contributed by atoms with Gasteiger partial charge in [0.05, 0.1) is 0 Å². The molecule has 0 aromatic rings. The summed E-state index contributed by atoms with van der Waals surface area (Å²) in [5.41, 5.74) is 5.57. The molecule has 0 aromatic carbocycles. The molecule has 5 heteroatoms. The first-order valence-electron chi connectivity index (χ1n) is 5.77. The Morgan fingerprint density at radius 2 is 1.94 bits per heavy atom. The Kier molecular flexibility index (Phi) is 4.73. The molecule has 1 amide bonds. The smallest absolute Gasteiger partial charge is 0.325 e. The number of nitrogens with one attached hydrogen (secondary N) is 1. The topological polar surface area (TPSA) is 92.4 Å². The summed E-state index contributed by atoms with van der Waals surface area (Å²) in [5, 5.41) is 11.2. The van der Waals surface area contributed by atoms with Crippen LogP contribution in [0.5, 0.6) is 0 Å². The van der Waals surface area contributed by atoms with E-state index in [1.807, 2.05) is 0 Å². The monoisotopic (exact) mass is 228 g/mol. The second-order valence-corrected chi connectivity index (χ2v) is 4.52. The Morgan fingerprint density at radius 3 is 2.38 bits per heavy atom. The summed E-state index contributed by atoms with van der Waals surface area (Å²) in [4.78, 5) is 22.3. The number of carboxylic acid groups (broad SMARTS) is 1. The van der Waals surface area contributed by atoms with Gasteiger partial charge >= 0.3 is 5.97 Å². The van der Waals surface area contributed by atoms with E-state index in [1.54, 1.807) is 0 Å². The summed E-state index contributed by atoms with van der Waals surface area (Å²) >= 11 is 0. The molecule has 1 atom stereocenters. The molecular formula is C11H20N2O3. The highest BCUT2D eigenvalue weighted by Crippen LogP contribution is 2.28. The van der Waals surface area contributed by atoms with Crippen LogP contribution in [0.2, 0.25) is 0 Å². The van der Waals surface area contributed by atoms with Gasteiger partial charge in [0.2, 0.25) is 5.91 Å². The van der Waals surface area contributed by atoms with Crippen molar-refractivity contribution >= 4 is 11.9 Å². The highest BCUT2D eigenvalue weighted by Gasteiger charge is 2.27. The van der Waals surface area contributed by atoms with Crippen molar-refractivity contribution in [2.24, 2.45) is 17.6 Å². The lowest BCUT2D eigenvalue weighted by Gasteiger charge is -2.27. The van der Waals surface area contributed by atoms with E-state index < -0.39 is 12.0 Å².